The maximum absolute atomic E-state index is 10.9. The summed E-state index contributed by atoms with van der Waals surface area (Å²) >= 11 is 0. The summed E-state index contributed by atoms with van der Waals surface area (Å²) in [7, 11) is -0.701. The van der Waals surface area contributed by atoms with Crippen LogP contribution >= 0.6 is 0 Å². The average molecular weight is 281 g/mol. The third kappa shape index (κ3) is 2.39. The van der Waals surface area contributed by atoms with E-state index in [1.165, 1.54) is 0 Å². The Morgan fingerprint density at radius 1 is 1.21 bits per heavy atom. The van der Waals surface area contributed by atoms with Crippen LogP contribution in [0.3, 0.4) is 0 Å². The first-order chi connectivity index (χ1) is 9.08. The van der Waals surface area contributed by atoms with Crippen molar-refractivity contribution in [2.24, 2.45) is 9.78 Å². The van der Waals surface area contributed by atoms with Gasteiger partial charge in [-0.1, -0.05) is 26.0 Å². The van der Waals surface area contributed by atoms with Gasteiger partial charge in [0.2, 0.25) is 0 Å². The maximum atomic E-state index is 10.9. The van der Waals surface area contributed by atoms with Gasteiger partial charge in [0, 0.05) is 11.3 Å². The molecule has 0 amide bonds. The second kappa shape index (κ2) is 5.33. The normalized spacial score (nSPS) is 23.7. The molecule has 1 aliphatic carbocycles. The number of ether oxygens (including phenoxy) is 1. The minimum Gasteiger partial charge on any atom is -0.497 e. The molecular weight excluding hydrogens is 262 g/mol. The lowest BCUT2D eigenvalue weighted by atomic mass is 9.93. The third-order valence-electron chi connectivity index (χ3n) is 4.41. The van der Waals surface area contributed by atoms with Crippen molar-refractivity contribution in [3.63, 3.8) is 0 Å². The monoisotopic (exact) mass is 281 g/mol. The molecule has 1 aromatic rings. The number of rotatable bonds is 5. The van der Waals surface area contributed by atoms with Crippen molar-refractivity contribution in [1.29, 1.82) is 0 Å². The van der Waals surface area contributed by atoms with Crippen LogP contribution in [0.1, 0.15) is 38.2 Å². The summed E-state index contributed by atoms with van der Waals surface area (Å²) in [4.78, 5) is 0. The molecule has 2 unspecified atom stereocenters. The Balaban J connectivity index is 2.34. The lowest BCUT2D eigenvalue weighted by Gasteiger charge is -2.11. The van der Waals surface area contributed by atoms with Crippen molar-refractivity contribution >= 4 is 10.5 Å². The standard InChI is InChI=1S/C14H19NO3S/c1-4-14(5-2)12(13(14)15-19(16)17)10-6-8-11(18-3)9-7-10/h6-9,12-13H,4-5H2,1-3H3. The van der Waals surface area contributed by atoms with E-state index >= 15 is 0 Å². The highest BCUT2D eigenvalue weighted by molar-refractivity contribution is 7.61. The molecule has 1 fully saturated rings. The first-order valence-corrected chi connectivity index (χ1v) is 7.56. The van der Waals surface area contributed by atoms with Crippen molar-refractivity contribution in [2.45, 2.75) is 38.6 Å². The van der Waals surface area contributed by atoms with Gasteiger partial charge in [0.25, 0.3) is 0 Å². The van der Waals surface area contributed by atoms with E-state index in [1.807, 2.05) is 24.3 Å². The fourth-order valence-corrected chi connectivity index (χ4v) is 3.68. The molecule has 0 radical (unpaired) electrons. The quantitative estimate of drug-likeness (QED) is 0.833. The molecule has 0 spiro atoms. The number of hydrogen-bond donors (Lipinski definition) is 0. The molecule has 1 aliphatic rings. The fourth-order valence-electron chi connectivity index (χ4n) is 3.16. The van der Waals surface area contributed by atoms with Gasteiger partial charge >= 0.3 is 10.5 Å². The van der Waals surface area contributed by atoms with Crippen LogP contribution < -0.4 is 4.74 Å². The first-order valence-electron chi connectivity index (χ1n) is 6.53. The van der Waals surface area contributed by atoms with Crippen molar-refractivity contribution in [3.05, 3.63) is 29.8 Å². The molecule has 0 saturated heterocycles. The molecular formula is C14H19NO3S. The van der Waals surface area contributed by atoms with Gasteiger partial charge in [-0.25, -0.2) is 0 Å². The van der Waals surface area contributed by atoms with Crippen molar-refractivity contribution in [2.75, 3.05) is 7.11 Å². The summed E-state index contributed by atoms with van der Waals surface area (Å²) in [6.45, 7) is 4.20. The zero-order valence-corrected chi connectivity index (χ0v) is 12.3. The lowest BCUT2D eigenvalue weighted by molar-refractivity contribution is 0.414. The van der Waals surface area contributed by atoms with Crippen LogP contribution in [0.5, 0.6) is 5.75 Å². The van der Waals surface area contributed by atoms with E-state index in [4.69, 9.17) is 4.74 Å². The summed E-state index contributed by atoms with van der Waals surface area (Å²) in [5, 5.41) is 0. The Kier molecular flexibility index (Phi) is 3.94. The van der Waals surface area contributed by atoms with Crippen LogP contribution in [0.15, 0.2) is 28.6 Å². The Hall–Kier alpha value is -1.36. The fraction of sp³-hybridized carbons (Fsp3) is 0.571. The van der Waals surface area contributed by atoms with E-state index in [1.54, 1.807) is 7.11 Å². The Morgan fingerprint density at radius 2 is 1.79 bits per heavy atom. The lowest BCUT2D eigenvalue weighted by Crippen LogP contribution is -2.02. The van der Waals surface area contributed by atoms with Gasteiger partial charge in [-0.15, -0.1) is 0 Å². The molecule has 2 atom stereocenters. The first kappa shape index (κ1) is 14.1. The molecule has 0 aromatic heterocycles. The topological polar surface area (TPSA) is 55.7 Å². The summed E-state index contributed by atoms with van der Waals surface area (Å²) in [6.07, 6.45) is 1.87. The summed E-state index contributed by atoms with van der Waals surface area (Å²) in [5.74, 6) is 1.01. The molecule has 1 aromatic carbocycles. The highest BCUT2D eigenvalue weighted by Crippen LogP contribution is 2.65. The Morgan fingerprint density at radius 3 is 2.21 bits per heavy atom. The minimum atomic E-state index is -2.33. The Bertz CT molecular complexity index is 565. The number of benzene rings is 1. The molecule has 1 saturated carbocycles. The van der Waals surface area contributed by atoms with Crippen LogP contribution in [-0.2, 0) is 10.5 Å². The molecule has 5 heteroatoms. The van der Waals surface area contributed by atoms with Crippen LogP contribution in [-0.4, -0.2) is 21.6 Å². The largest absolute Gasteiger partial charge is 0.497 e. The Labute approximate surface area is 115 Å². The smallest absolute Gasteiger partial charge is 0.311 e. The minimum absolute atomic E-state index is 0.00530. The zero-order valence-electron chi connectivity index (χ0n) is 11.5. The molecule has 19 heavy (non-hydrogen) atoms. The van der Waals surface area contributed by atoms with Crippen LogP contribution in [0, 0.1) is 5.41 Å². The van der Waals surface area contributed by atoms with Crippen molar-refractivity contribution in [1.82, 2.24) is 0 Å². The predicted molar refractivity (Wildman–Crippen MR) is 73.9 cm³/mol. The molecule has 0 N–H and O–H groups in total. The van der Waals surface area contributed by atoms with Crippen molar-refractivity contribution < 1.29 is 13.2 Å². The van der Waals surface area contributed by atoms with Gasteiger partial charge in [-0.3, -0.25) is 0 Å². The van der Waals surface area contributed by atoms with E-state index in [0.29, 0.717) is 0 Å². The summed E-state index contributed by atoms with van der Waals surface area (Å²) < 4.78 is 30.7. The number of hydrogen-bond acceptors (Lipinski definition) is 4. The van der Waals surface area contributed by atoms with Crippen LogP contribution in [0.2, 0.25) is 0 Å². The second-order valence-corrected chi connectivity index (χ2v) is 5.60. The van der Waals surface area contributed by atoms with E-state index in [9.17, 15) is 8.42 Å². The molecule has 104 valence electrons. The van der Waals surface area contributed by atoms with E-state index in [2.05, 4.69) is 18.2 Å². The molecule has 4 nitrogen and oxygen atoms in total. The second-order valence-electron chi connectivity index (χ2n) is 4.96. The predicted octanol–water partition coefficient (Wildman–Crippen LogP) is 3.03. The highest BCUT2D eigenvalue weighted by atomic mass is 32.2. The molecule has 2 rings (SSSR count). The van der Waals surface area contributed by atoms with Gasteiger partial charge in [-0.05, 0) is 30.5 Å². The third-order valence-corrected chi connectivity index (χ3v) is 4.81. The summed E-state index contributed by atoms with van der Waals surface area (Å²) in [6, 6.07) is 7.72. The zero-order chi connectivity index (χ0) is 14.0. The summed E-state index contributed by atoms with van der Waals surface area (Å²) in [5.41, 5.74) is 1.14. The van der Waals surface area contributed by atoms with Gasteiger partial charge in [0.15, 0.2) is 0 Å². The average Bonchev–Trinajstić information content (AvgIpc) is 3.05. The van der Waals surface area contributed by atoms with Gasteiger partial charge in [0.05, 0.1) is 13.2 Å². The van der Waals surface area contributed by atoms with Crippen LogP contribution in [0.4, 0.5) is 0 Å². The maximum Gasteiger partial charge on any atom is 0.311 e. The molecule has 0 heterocycles. The SMILES string of the molecule is CCC1(CC)C(N=S(=O)=O)C1c1ccc(OC)cc1. The van der Waals surface area contributed by atoms with Gasteiger partial charge in [-0.2, -0.15) is 12.8 Å². The van der Waals surface area contributed by atoms with Gasteiger partial charge in [0.1, 0.15) is 5.75 Å². The van der Waals surface area contributed by atoms with Gasteiger partial charge < -0.3 is 4.74 Å². The number of methoxy groups -OCH3 is 1. The van der Waals surface area contributed by atoms with E-state index < -0.39 is 10.5 Å². The molecule has 0 bridgehead atoms. The van der Waals surface area contributed by atoms with Crippen LogP contribution in [0.25, 0.3) is 0 Å². The van der Waals surface area contributed by atoms with E-state index in [0.717, 1.165) is 24.2 Å². The van der Waals surface area contributed by atoms with E-state index in [-0.39, 0.29) is 17.4 Å². The number of nitrogens with zero attached hydrogens (tertiary/aromatic N) is 1. The molecule has 0 aliphatic heterocycles. The highest BCUT2D eigenvalue weighted by Gasteiger charge is 2.63. The van der Waals surface area contributed by atoms with Crippen molar-refractivity contribution in [3.8, 4) is 5.75 Å².